The molecule has 1 unspecified atom stereocenters. The van der Waals surface area contributed by atoms with Gasteiger partial charge >= 0.3 is 24.0 Å². The van der Waals surface area contributed by atoms with E-state index in [1.54, 1.807) is 0 Å². The first-order valence-electron chi connectivity index (χ1n) is 37.6. The summed E-state index contributed by atoms with van der Waals surface area (Å²) < 4.78 is 28.0. The Kier molecular flexibility index (Phi) is 27.1. The third-order valence-electron chi connectivity index (χ3n) is 19.6. The lowest BCUT2D eigenvalue weighted by atomic mass is 9.92. The average molecular weight is 1450 g/mol. The molecule has 6 aliphatic heterocycles. The first kappa shape index (κ1) is 77.1. The number of ketones is 4. The minimum absolute atomic E-state index is 0.0923. The summed E-state index contributed by atoms with van der Waals surface area (Å²) in [6.07, 6.45) is 19.9. The molecule has 13 heterocycles. The fourth-order valence-corrected chi connectivity index (χ4v) is 13.3. The van der Waals surface area contributed by atoms with Crippen molar-refractivity contribution in [3.8, 4) is 24.0 Å². The number of unbranched alkanes of at least 4 members (excludes halogenated alkanes) is 3. The molecule has 14 rings (SSSR count). The van der Waals surface area contributed by atoms with E-state index in [1.807, 2.05) is 90.5 Å². The molecule has 7 aliphatic rings. The number of likely N-dealkylation sites (tertiary alicyclic amines) is 1. The summed E-state index contributed by atoms with van der Waals surface area (Å²) >= 11 is 0. The molecule has 0 aromatic carbocycles. The van der Waals surface area contributed by atoms with Crippen molar-refractivity contribution in [2.75, 3.05) is 135 Å². The number of rotatable bonds is 26. The molecule has 3 fully saturated rings. The Labute approximate surface area is 620 Å². The lowest BCUT2D eigenvalue weighted by Crippen LogP contribution is -2.40. The highest BCUT2D eigenvalue weighted by Gasteiger charge is 2.34. The molecular weight excluding hydrogens is 1350 g/mol. The minimum atomic E-state index is 0.0923. The molecule has 0 amide bonds. The van der Waals surface area contributed by atoms with Crippen LogP contribution < -0.4 is 61.5 Å². The number of aromatic nitrogens is 11. The number of carbonyl (C=O) groups excluding carboxylic acids is 4. The first-order chi connectivity index (χ1) is 51.3. The topological polar surface area (TPSA) is 376 Å². The van der Waals surface area contributed by atoms with Gasteiger partial charge in [0.25, 0.3) is 0 Å². The van der Waals surface area contributed by atoms with Crippen molar-refractivity contribution in [3.05, 3.63) is 111 Å². The Balaban J connectivity index is 0.000000141. The van der Waals surface area contributed by atoms with Gasteiger partial charge in [0.1, 0.15) is 46.5 Å². The Morgan fingerprint density at radius 2 is 0.792 bits per heavy atom. The van der Waals surface area contributed by atoms with Gasteiger partial charge in [0.15, 0.2) is 23.1 Å². The van der Waals surface area contributed by atoms with Gasteiger partial charge in [-0.15, -0.1) is 0 Å². The highest BCUT2D eigenvalue weighted by atomic mass is 16.5. The zero-order valence-corrected chi connectivity index (χ0v) is 62.4. The molecule has 7 aromatic rings. The van der Waals surface area contributed by atoms with Crippen molar-refractivity contribution >= 4 is 69.7 Å². The number of aryl methyl sites for hydroxylation is 3. The molecule has 566 valence electrons. The van der Waals surface area contributed by atoms with E-state index in [-0.39, 0.29) is 67.0 Å². The Bertz CT molecular complexity index is 3990. The Morgan fingerprint density at radius 1 is 0.434 bits per heavy atom. The highest BCUT2D eigenvalue weighted by Crippen LogP contribution is 2.37. The van der Waals surface area contributed by atoms with Crippen LogP contribution in [0, 0.1) is 38.5 Å². The van der Waals surface area contributed by atoms with E-state index in [4.69, 9.17) is 46.6 Å². The van der Waals surface area contributed by atoms with Crippen molar-refractivity contribution in [1.82, 2.24) is 59.7 Å². The second-order valence-corrected chi connectivity index (χ2v) is 28.7. The van der Waals surface area contributed by atoms with Crippen LogP contribution in [0.3, 0.4) is 0 Å². The van der Waals surface area contributed by atoms with Crippen molar-refractivity contribution in [3.63, 3.8) is 0 Å². The number of Topliss-reactive ketones (excluding diaryl/α,β-unsaturated/α-hetero) is 4. The zero-order chi connectivity index (χ0) is 74.6. The summed E-state index contributed by atoms with van der Waals surface area (Å²) in [5.41, 5.74) is 33.1. The van der Waals surface area contributed by atoms with Gasteiger partial charge in [-0.3, -0.25) is 34.1 Å². The van der Waals surface area contributed by atoms with Gasteiger partial charge in [0.2, 0.25) is 0 Å². The van der Waals surface area contributed by atoms with E-state index >= 15 is 0 Å². The first-order valence-corrected chi connectivity index (χ1v) is 37.6. The van der Waals surface area contributed by atoms with E-state index in [9.17, 15) is 19.2 Å². The van der Waals surface area contributed by atoms with Gasteiger partial charge in [0.05, 0.1) is 59.2 Å². The van der Waals surface area contributed by atoms with E-state index in [2.05, 4.69) is 85.4 Å². The standard InChI is InChI=1S/C22H35N5O2.C19H23N5O3.2C18H23N5O2/c1-2-3-12-29-22-24-20(23)19-13-18(28)15-27(21(19)25-22)11-8-16-6-9-26(10-7-16)14-17-4-5-17;1-12-2-3-13(7-21-12)8-24-9-15(25)6-16-17(20)22-19(23-18(16)24)27-11-14-4-5-26-10-14;2*1-3-4-7-25-18-21-16(19)15-8-14(24)11-23(17(15)22-18)10-13-6-5-12(2)20-9-13/h16-17H,2-15H2,1H3,(H2,23,24,25);2-3,7,14H,4-6,8-11H2,1H3,(H2,20,22,23);2*5-6,9H,3-4,7-8,10-11H2,1-2H3,(H2,19,21,22). The second kappa shape index (κ2) is 37.3. The summed E-state index contributed by atoms with van der Waals surface area (Å²) in [4.78, 5) is 107. The van der Waals surface area contributed by atoms with Crippen LogP contribution in [-0.2, 0) is 69.2 Å². The largest absolute Gasteiger partial charge is 0.463 e. The maximum Gasteiger partial charge on any atom is 0.320 e. The molecule has 0 spiro atoms. The van der Waals surface area contributed by atoms with Crippen molar-refractivity contribution < 1.29 is 42.9 Å². The average Bonchev–Trinajstić information content (AvgIpc) is 1.24. The third-order valence-corrected chi connectivity index (χ3v) is 19.6. The minimum Gasteiger partial charge on any atom is -0.463 e. The molecule has 106 heavy (non-hydrogen) atoms. The number of ether oxygens (including phenoxy) is 5. The fraction of sp³-hybridized carbons (Fsp3) is 0.545. The molecule has 1 aliphatic carbocycles. The lowest BCUT2D eigenvalue weighted by Gasteiger charge is -2.34. The van der Waals surface area contributed by atoms with Crippen LogP contribution in [0.5, 0.6) is 24.0 Å². The zero-order valence-electron chi connectivity index (χ0n) is 62.4. The van der Waals surface area contributed by atoms with Crippen LogP contribution in [0.2, 0.25) is 0 Å². The molecule has 0 radical (unpaired) electrons. The molecule has 7 aromatic heterocycles. The van der Waals surface area contributed by atoms with Gasteiger partial charge in [0, 0.05) is 129 Å². The fourth-order valence-electron chi connectivity index (χ4n) is 13.3. The quantitative estimate of drug-likeness (QED) is 0.0371. The van der Waals surface area contributed by atoms with E-state index in [1.165, 1.54) is 45.3 Å². The summed E-state index contributed by atoms with van der Waals surface area (Å²) in [7, 11) is 0. The summed E-state index contributed by atoms with van der Waals surface area (Å²) in [6, 6.07) is 13.0. The molecule has 29 heteroatoms. The number of nitrogen functional groups attached to an aromatic ring is 4. The van der Waals surface area contributed by atoms with Crippen LogP contribution in [0.1, 0.15) is 154 Å². The number of pyridine rings is 3. The Morgan fingerprint density at radius 3 is 1.12 bits per heavy atom. The Hall–Kier alpha value is -10.0. The van der Waals surface area contributed by atoms with Crippen molar-refractivity contribution in [2.45, 2.75) is 164 Å². The molecule has 1 atom stereocenters. The maximum atomic E-state index is 12.3. The van der Waals surface area contributed by atoms with Crippen LogP contribution >= 0.6 is 0 Å². The molecule has 8 N–H and O–H groups in total. The van der Waals surface area contributed by atoms with E-state index in [0.717, 1.165) is 122 Å². The van der Waals surface area contributed by atoms with Crippen LogP contribution in [0.4, 0.5) is 46.5 Å². The van der Waals surface area contributed by atoms with E-state index < -0.39 is 0 Å². The SMILES string of the molecule is CCCCOc1nc(N)c2c(n1)N(CCC1CCN(CC3CC3)CC1)CC(=O)C2.CCCCOc1nc(N)c2c(n1)N(Cc1ccc(C)nc1)CC(=O)C2.CCCCOc1nc(N)c2c(n1)N(Cc1ccc(C)nc1)CC(=O)C2.Cc1ccc(CN2CC(=O)Cc3c(N)nc(OCC4CCOC4)nc32)cn1. The molecule has 29 nitrogen and oxygen atoms in total. The van der Waals surface area contributed by atoms with Gasteiger partial charge in [-0.05, 0) is 138 Å². The molecule has 2 saturated heterocycles. The normalized spacial score (nSPS) is 17.0. The van der Waals surface area contributed by atoms with Gasteiger partial charge < -0.3 is 71.1 Å². The monoisotopic (exact) mass is 1450 g/mol. The van der Waals surface area contributed by atoms with Gasteiger partial charge in [-0.25, -0.2) is 0 Å². The number of fused-ring (bicyclic) bond motifs is 4. The third kappa shape index (κ3) is 21.8. The predicted molar refractivity (Wildman–Crippen MR) is 405 cm³/mol. The summed E-state index contributed by atoms with van der Waals surface area (Å²) in [5.74, 6) is 6.67. The highest BCUT2D eigenvalue weighted by molar-refractivity contribution is 5.93. The number of anilines is 8. The van der Waals surface area contributed by atoms with Gasteiger partial charge in [-0.1, -0.05) is 58.2 Å². The van der Waals surface area contributed by atoms with Gasteiger partial charge in [-0.2, -0.15) is 39.9 Å². The predicted octanol–water partition coefficient (Wildman–Crippen LogP) is 8.14. The van der Waals surface area contributed by atoms with Crippen LogP contribution in [-0.4, -0.2) is 175 Å². The molecule has 0 bridgehead atoms. The number of carbonyl (C=O) groups is 4. The summed E-state index contributed by atoms with van der Waals surface area (Å²) in [6.45, 7) is 23.3. The maximum absolute atomic E-state index is 12.3. The second-order valence-electron chi connectivity index (χ2n) is 28.7. The van der Waals surface area contributed by atoms with Crippen molar-refractivity contribution in [1.29, 1.82) is 0 Å². The number of nitrogens with two attached hydrogens (primary N) is 4. The van der Waals surface area contributed by atoms with Crippen LogP contribution in [0.15, 0.2) is 55.0 Å². The number of piperidine rings is 1. The molecule has 1 saturated carbocycles. The number of hydrogen-bond donors (Lipinski definition) is 4. The summed E-state index contributed by atoms with van der Waals surface area (Å²) in [5, 5.41) is 0. The lowest BCUT2D eigenvalue weighted by molar-refractivity contribution is -0.118. The van der Waals surface area contributed by atoms with Crippen LogP contribution in [0.25, 0.3) is 0 Å². The number of nitrogens with zero attached hydrogens (tertiary/aromatic N) is 16. The molecular formula is C77H104N20O9. The van der Waals surface area contributed by atoms with Crippen molar-refractivity contribution in [2.24, 2.45) is 17.8 Å². The van der Waals surface area contributed by atoms with E-state index in [0.29, 0.717) is 148 Å². The smallest absolute Gasteiger partial charge is 0.320 e. The number of hydrogen-bond acceptors (Lipinski definition) is 29.